The van der Waals surface area contributed by atoms with Crippen LogP contribution in [0.5, 0.6) is 0 Å². The first-order chi connectivity index (χ1) is 6.68. The fourth-order valence-electron chi connectivity index (χ4n) is 2.61. The highest BCUT2D eigenvalue weighted by molar-refractivity contribution is 5.88. The van der Waals surface area contributed by atoms with Crippen LogP contribution in [0.1, 0.15) is 32.6 Å². The molecule has 1 unspecified atom stereocenters. The van der Waals surface area contributed by atoms with Crippen LogP contribution in [0.2, 0.25) is 0 Å². The van der Waals surface area contributed by atoms with E-state index in [4.69, 9.17) is 0 Å². The number of piperidine rings is 3. The van der Waals surface area contributed by atoms with Gasteiger partial charge in [0.2, 0.25) is 0 Å². The normalized spacial score (nSPS) is 36.1. The quantitative estimate of drug-likeness (QED) is 0.674. The van der Waals surface area contributed by atoms with Crippen LogP contribution in [0.3, 0.4) is 0 Å². The van der Waals surface area contributed by atoms with Crippen LogP contribution in [-0.2, 0) is 9.59 Å². The summed E-state index contributed by atoms with van der Waals surface area (Å²) < 4.78 is 0. The molecule has 3 heteroatoms. The largest absolute Gasteiger partial charge is 0.300 e. The van der Waals surface area contributed by atoms with Gasteiger partial charge in [0.1, 0.15) is 5.78 Å². The fourth-order valence-corrected chi connectivity index (χ4v) is 2.61. The van der Waals surface area contributed by atoms with Gasteiger partial charge in [-0.3, -0.25) is 9.69 Å². The molecule has 3 fully saturated rings. The zero-order valence-corrected chi connectivity index (χ0v) is 8.66. The Bertz CT molecular complexity index is 254. The molecule has 0 spiro atoms. The van der Waals surface area contributed by atoms with Gasteiger partial charge < -0.3 is 4.79 Å². The third kappa shape index (κ3) is 1.73. The highest BCUT2D eigenvalue weighted by Gasteiger charge is 2.40. The Balaban J connectivity index is 1.97. The number of rotatable bonds is 3. The number of ketones is 2. The Kier molecular flexibility index (Phi) is 2.68. The SMILES string of the molecule is CC(=O)CCC1C(=O)C2CCN1CC2. The first-order valence-corrected chi connectivity index (χ1v) is 5.45. The number of carbonyl (C=O) groups excluding carboxylic acids is 2. The van der Waals surface area contributed by atoms with E-state index in [0.717, 1.165) is 32.4 Å². The Morgan fingerprint density at radius 1 is 1.43 bits per heavy atom. The molecule has 3 rings (SSSR count). The molecule has 1 atom stereocenters. The van der Waals surface area contributed by atoms with E-state index in [9.17, 15) is 9.59 Å². The average Bonchev–Trinajstić information content (AvgIpc) is 2.18. The number of nitrogens with zero attached hydrogens (tertiary/aromatic N) is 1. The molecule has 3 heterocycles. The standard InChI is InChI=1S/C11H17NO2/c1-8(13)2-3-10-11(14)9-4-6-12(10)7-5-9/h9-10H,2-7H2,1H3. The maximum absolute atomic E-state index is 11.8. The maximum atomic E-state index is 11.8. The second-order valence-corrected chi connectivity index (χ2v) is 4.47. The summed E-state index contributed by atoms with van der Waals surface area (Å²) in [7, 11) is 0. The van der Waals surface area contributed by atoms with Gasteiger partial charge in [-0.25, -0.2) is 0 Å². The highest BCUT2D eigenvalue weighted by Crippen LogP contribution is 2.30. The minimum Gasteiger partial charge on any atom is -0.300 e. The van der Waals surface area contributed by atoms with E-state index in [-0.39, 0.29) is 11.8 Å². The summed E-state index contributed by atoms with van der Waals surface area (Å²) in [5.41, 5.74) is 0. The second-order valence-electron chi connectivity index (χ2n) is 4.47. The van der Waals surface area contributed by atoms with Gasteiger partial charge in [-0.15, -0.1) is 0 Å². The zero-order valence-electron chi connectivity index (χ0n) is 8.66. The molecular formula is C11H17NO2. The smallest absolute Gasteiger partial charge is 0.153 e. The van der Waals surface area contributed by atoms with Crippen molar-refractivity contribution < 1.29 is 9.59 Å². The van der Waals surface area contributed by atoms with Gasteiger partial charge in [0, 0.05) is 12.3 Å². The van der Waals surface area contributed by atoms with Crippen LogP contribution < -0.4 is 0 Å². The van der Waals surface area contributed by atoms with Gasteiger partial charge in [-0.1, -0.05) is 0 Å². The van der Waals surface area contributed by atoms with E-state index < -0.39 is 0 Å². The minimum absolute atomic E-state index is 0.0615. The molecule has 3 aliphatic heterocycles. The number of fused-ring (bicyclic) bond motifs is 3. The lowest BCUT2D eigenvalue weighted by Gasteiger charge is -2.44. The molecule has 0 aromatic carbocycles. The molecule has 3 saturated heterocycles. The van der Waals surface area contributed by atoms with E-state index in [1.807, 2.05) is 0 Å². The van der Waals surface area contributed by atoms with Crippen LogP contribution in [0, 0.1) is 5.92 Å². The summed E-state index contributed by atoms with van der Waals surface area (Å²) in [6.07, 6.45) is 3.37. The van der Waals surface area contributed by atoms with Crippen LogP contribution >= 0.6 is 0 Å². The number of Topliss-reactive ketones (excluding diaryl/α,β-unsaturated/α-hetero) is 2. The molecule has 0 aliphatic carbocycles. The van der Waals surface area contributed by atoms with E-state index in [2.05, 4.69) is 4.90 Å². The molecule has 14 heavy (non-hydrogen) atoms. The van der Waals surface area contributed by atoms with Gasteiger partial charge in [-0.2, -0.15) is 0 Å². The van der Waals surface area contributed by atoms with Gasteiger partial charge in [0.05, 0.1) is 6.04 Å². The van der Waals surface area contributed by atoms with E-state index in [1.165, 1.54) is 0 Å². The molecule has 0 amide bonds. The lowest BCUT2D eigenvalue weighted by molar-refractivity contribution is -0.137. The maximum Gasteiger partial charge on any atom is 0.153 e. The second kappa shape index (κ2) is 3.81. The first-order valence-electron chi connectivity index (χ1n) is 5.45. The van der Waals surface area contributed by atoms with E-state index >= 15 is 0 Å². The molecule has 78 valence electrons. The molecule has 0 aromatic heterocycles. The van der Waals surface area contributed by atoms with Crippen molar-refractivity contribution in [2.45, 2.75) is 38.6 Å². The van der Waals surface area contributed by atoms with Crippen LogP contribution in [0.15, 0.2) is 0 Å². The van der Waals surface area contributed by atoms with Gasteiger partial charge >= 0.3 is 0 Å². The Hall–Kier alpha value is -0.700. The van der Waals surface area contributed by atoms with Gasteiger partial charge in [0.25, 0.3) is 0 Å². The van der Waals surface area contributed by atoms with Crippen molar-refractivity contribution in [2.24, 2.45) is 5.92 Å². The van der Waals surface area contributed by atoms with Crippen molar-refractivity contribution in [2.75, 3.05) is 13.1 Å². The van der Waals surface area contributed by atoms with Crippen molar-refractivity contribution in [1.29, 1.82) is 0 Å². The van der Waals surface area contributed by atoms with Crippen LogP contribution in [-0.4, -0.2) is 35.6 Å². The summed E-state index contributed by atoms with van der Waals surface area (Å²) in [6, 6.07) is 0.0615. The van der Waals surface area contributed by atoms with Crippen molar-refractivity contribution >= 4 is 11.6 Å². The van der Waals surface area contributed by atoms with Gasteiger partial charge in [0.15, 0.2) is 5.78 Å². The van der Waals surface area contributed by atoms with Gasteiger partial charge in [-0.05, 0) is 39.3 Å². The molecule has 0 saturated carbocycles. The number of hydrogen-bond acceptors (Lipinski definition) is 3. The lowest BCUT2D eigenvalue weighted by atomic mass is 9.80. The number of hydrogen-bond donors (Lipinski definition) is 0. The van der Waals surface area contributed by atoms with E-state index in [1.54, 1.807) is 6.92 Å². The summed E-state index contributed by atoms with van der Waals surface area (Å²) in [5.74, 6) is 0.890. The van der Waals surface area contributed by atoms with Crippen LogP contribution in [0.4, 0.5) is 0 Å². The summed E-state index contributed by atoms with van der Waals surface area (Å²) in [6.45, 7) is 3.71. The highest BCUT2D eigenvalue weighted by atomic mass is 16.1. The lowest BCUT2D eigenvalue weighted by Crippen LogP contribution is -2.55. The Morgan fingerprint density at radius 3 is 2.57 bits per heavy atom. The molecule has 3 aliphatic rings. The Morgan fingerprint density at radius 2 is 2.07 bits per heavy atom. The Labute approximate surface area is 84.5 Å². The molecule has 0 N–H and O–H groups in total. The molecule has 0 radical (unpaired) electrons. The predicted molar refractivity (Wildman–Crippen MR) is 53.0 cm³/mol. The van der Waals surface area contributed by atoms with Crippen molar-refractivity contribution in [3.63, 3.8) is 0 Å². The summed E-state index contributed by atoms with van der Waals surface area (Å²) in [5, 5.41) is 0. The number of carbonyl (C=O) groups is 2. The third-order valence-electron chi connectivity index (χ3n) is 3.47. The van der Waals surface area contributed by atoms with Crippen molar-refractivity contribution in [3.05, 3.63) is 0 Å². The topological polar surface area (TPSA) is 37.4 Å². The summed E-state index contributed by atoms with van der Waals surface area (Å²) in [4.78, 5) is 25.0. The first kappa shape index (κ1) is 9.84. The predicted octanol–water partition coefficient (Wildman–Crippen LogP) is 1.02. The monoisotopic (exact) mass is 195 g/mol. The molecule has 0 aromatic rings. The molecule has 2 bridgehead atoms. The summed E-state index contributed by atoms with van der Waals surface area (Å²) >= 11 is 0. The van der Waals surface area contributed by atoms with E-state index in [0.29, 0.717) is 18.1 Å². The van der Waals surface area contributed by atoms with Crippen LogP contribution in [0.25, 0.3) is 0 Å². The average molecular weight is 195 g/mol. The third-order valence-corrected chi connectivity index (χ3v) is 3.47. The molecule has 3 nitrogen and oxygen atoms in total. The zero-order chi connectivity index (χ0) is 10.1. The fraction of sp³-hybridized carbons (Fsp3) is 0.818. The molecular weight excluding hydrogens is 178 g/mol. The minimum atomic E-state index is 0.0615. The van der Waals surface area contributed by atoms with Crippen molar-refractivity contribution in [1.82, 2.24) is 4.90 Å². The van der Waals surface area contributed by atoms with Crippen molar-refractivity contribution in [3.8, 4) is 0 Å².